The molecular formula is C19H18FNO4. The van der Waals surface area contributed by atoms with Gasteiger partial charge in [-0.1, -0.05) is 24.3 Å². The Morgan fingerprint density at radius 2 is 1.80 bits per heavy atom. The number of aliphatic carboxylic acids is 1. The molecule has 2 aromatic rings. The second-order valence-electron chi connectivity index (χ2n) is 5.34. The molecule has 0 aromatic heterocycles. The maximum atomic E-state index is 12.8. The molecule has 0 aliphatic rings. The average molecular weight is 343 g/mol. The van der Waals surface area contributed by atoms with Crippen LogP contribution in [0.3, 0.4) is 0 Å². The van der Waals surface area contributed by atoms with E-state index in [-0.39, 0.29) is 12.2 Å². The number of carbonyl (C=O) groups is 2. The third kappa shape index (κ3) is 5.76. The summed E-state index contributed by atoms with van der Waals surface area (Å²) < 4.78 is 17.9. The maximum Gasteiger partial charge on any atom is 0.326 e. The van der Waals surface area contributed by atoms with E-state index < -0.39 is 17.9 Å². The first-order chi connectivity index (χ1) is 12.0. The Balaban J connectivity index is 1.98. The molecule has 1 atom stereocenters. The number of ether oxygens (including phenoxy) is 1. The van der Waals surface area contributed by atoms with Crippen LogP contribution in [0.1, 0.15) is 11.1 Å². The molecule has 2 N–H and O–H groups in total. The van der Waals surface area contributed by atoms with Gasteiger partial charge in [0, 0.05) is 12.5 Å². The molecule has 6 heteroatoms. The maximum absolute atomic E-state index is 12.8. The van der Waals surface area contributed by atoms with Crippen LogP contribution >= 0.6 is 0 Å². The molecule has 0 aliphatic carbocycles. The van der Waals surface area contributed by atoms with Gasteiger partial charge in [-0.2, -0.15) is 0 Å². The zero-order valence-corrected chi connectivity index (χ0v) is 13.6. The first kappa shape index (κ1) is 18.2. The fraction of sp³-hybridized carbons (Fsp3) is 0.158. The second kappa shape index (κ2) is 8.63. The summed E-state index contributed by atoms with van der Waals surface area (Å²) in [5.74, 6) is -1.36. The van der Waals surface area contributed by atoms with Gasteiger partial charge in [0.15, 0.2) is 0 Å². The number of nitrogens with one attached hydrogen (secondary N) is 1. The van der Waals surface area contributed by atoms with Crippen molar-refractivity contribution in [3.8, 4) is 5.75 Å². The number of carboxylic acids is 1. The van der Waals surface area contributed by atoms with E-state index in [9.17, 15) is 19.1 Å². The van der Waals surface area contributed by atoms with Gasteiger partial charge in [0.1, 0.15) is 17.6 Å². The Kier molecular flexibility index (Phi) is 6.28. The average Bonchev–Trinajstić information content (AvgIpc) is 2.61. The van der Waals surface area contributed by atoms with E-state index in [1.807, 2.05) is 0 Å². The Labute approximate surface area is 144 Å². The Bertz CT molecular complexity index is 754. The normalized spacial score (nSPS) is 11.9. The summed E-state index contributed by atoms with van der Waals surface area (Å²) in [4.78, 5) is 23.3. The lowest BCUT2D eigenvalue weighted by atomic mass is 10.1. The van der Waals surface area contributed by atoms with Crippen molar-refractivity contribution in [3.63, 3.8) is 0 Å². The monoisotopic (exact) mass is 343 g/mol. The van der Waals surface area contributed by atoms with Gasteiger partial charge in [0.2, 0.25) is 5.91 Å². The van der Waals surface area contributed by atoms with E-state index >= 15 is 0 Å². The number of halogens is 1. The van der Waals surface area contributed by atoms with E-state index in [0.717, 1.165) is 5.56 Å². The lowest BCUT2D eigenvalue weighted by molar-refractivity contribution is -0.141. The van der Waals surface area contributed by atoms with E-state index in [2.05, 4.69) is 5.32 Å². The van der Waals surface area contributed by atoms with Crippen molar-refractivity contribution in [2.24, 2.45) is 0 Å². The first-order valence-electron chi connectivity index (χ1n) is 7.58. The third-order valence-electron chi connectivity index (χ3n) is 3.51. The number of hydrogen-bond donors (Lipinski definition) is 2. The van der Waals surface area contributed by atoms with Crippen LogP contribution in [0.4, 0.5) is 4.39 Å². The molecule has 0 aliphatic heterocycles. The second-order valence-corrected chi connectivity index (χ2v) is 5.34. The summed E-state index contributed by atoms with van der Waals surface area (Å²) in [5.41, 5.74) is 1.40. The van der Waals surface area contributed by atoms with Crippen molar-refractivity contribution in [1.82, 2.24) is 5.32 Å². The summed E-state index contributed by atoms with van der Waals surface area (Å²) in [5, 5.41) is 11.7. The molecule has 0 spiro atoms. The molecule has 0 radical (unpaired) electrons. The van der Waals surface area contributed by atoms with Crippen LogP contribution in [0, 0.1) is 5.82 Å². The molecule has 25 heavy (non-hydrogen) atoms. The van der Waals surface area contributed by atoms with E-state index in [0.29, 0.717) is 11.3 Å². The molecule has 0 saturated heterocycles. The standard InChI is InChI=1S/C19H18FNO4/c1-25-16-9-4-14(5-10-16)12-17(19(23)24)21-18(22)11-6-13-2-7-15(20)8-3-13/h2-11,17H,12H2,1H3,(H,21,22)(H,23,24)/b11-6+/t17-/m0/s1. The van der Waals surface area contributed by atoms with Gasteiger partial charge in [-0.3, -0.25) is 4.79 Å². The number of methoxy groups -OCH3 is 1. The van der Waals surface area contributed by atoms with Gasteiger partial charge in [-0.15, -0.1) is 0 Å². The van der Waals surface area contributed by atoms with Crippen LogP contribution < -0.4 is 10.1 Å². The molecule has 0 saturated carbocycles. The van der Waals surface area contributed by atoms with Crippen LogP contribution in [-0.2, 0) is 16.0 Å². The minimum absolute atomic E-state index is 0.148. The van der Waals surface area contributed by atoms with Crippen LogP contribution in [0.15, 0.2) is 54.6 Å². The topological polar surface area (TPSA) is 75.6 Å². The zero-order valence-electron chi connectivity index (χ0n) is 13.6. The highest BCUT2D eigenvalue weighted by Gasteiger charge is 2.19. The number of hydrogen-bond acceptors (Lipinski definition) is 3. The summed E-state index contributed by atoms with van der Waals surface area (Å²) in [7, 11) is 1.54. The summed E-state index contributed by atoms with van der Waals surface area (Å²) in [6, 6.07) is 11.5. The molecule has 0 bridgehead atoms. The van der Waals surface area contributed by atoms with Gasteiger partial charge in [-0.05, 0) is 41.5 Å². The molecule has 5 nitrogen and oxygen atoms in total. The van der Waals surface area contributed by atoms with Crippen LogP contribution in [-0.4, -0.2) is 30.1 Å². The largest absolute Gasteiger partial charge is 0.497 e. The number of benzene rings is 2. The highest BCUT2D eigenvalue weighted by molar-refractivity contribution is 5.94. The van der Waals surface area contributed by atoms with Crippen LogP contribution in [0.2, 0.25) is 0 Å². The van der Waals surface area contributed by atoms with Crippen molar-refractivity contribution in [1.29, 1.82) is 0 Å². The fourth-order valence-corrected chi connectivity index (χ4v) is 2.16. The summed E-state index contributed by atoms with van der Waals surface area (Å²) in [6.07, 6.45) is 2.85. The molecule has 1 amide bonds. The molecule has 0 fully saturated rings. The quantitative estimate of drug-likeness (QED) is 0.758. The number of carboxylic acid groups (broad SMARTS) is 1. The Hall–Kier alpha value is -3.15. The van der Waals surface area contributed by atoms with Crippen molar-refractivity contribution in [3.05, 3.63) is 71.6 Å². The fourth-order valence-electron chi connectivity index (χ4n) is 2.16. The number of rotatable bonds is 7. The number of amides is 1. The highest BCUT2D eigenvalue weighted by Crippen LogP contribution is 2.13. The van der Waals surface area contributed by atoms with Crippen molar-refractivity contribution >= 4 is 18.0 Å². The van der Waals surface area contributed by atoms with Crippen LogP contribution in [0.25, 0.3) is 6.08 Å². The molecule has 130 valence electrons. The minimum Gasteiger partial charge on any atom is -0.497 e. The lowest BCUT2D eigenvalue weighted by Gasteiger charge is -2.13. The molecule has 0 unspecified atom stereocenters. The lowest BCUT2D eigenvalue weighted by Crippen LogP contribution is -2.41. The van der Waals surface area contributed by atoms with Gasteiger partial charge in [-0.25, -0.2) is 9.18 Å². The van der Waals surface area contributed by atoms with Gasteiger partial charge in [0.25, 0.3) is 0 Å². The predicted molar refractivity (Wildman–Crippen MR) is 91.7 cm³/mol. The molecule has 2 aromatic carbocycles. The van der Waals surface area contributed by atoms with E-state index in [1.54, 1.807) is 31.4 Å². The van der Waals surface area contributed by atoms with E-state index in [1.165, 1.54) is 36.4 Å². The molecular weight excluding hydrogens is 325 g/mol. The van der Waals surface area contributed by atoms with Crippen LogP contribution in [0.5, 0.6) is 5.75 Å². The van der Waals surface area contributed by atoms with E-state index in [4.69, 9.17) is 4.74 Å². The SMILES string of the molecule is COc1ccc(C[C@H](NC(=O)/C=C/c2ccc(F)cc2)C(=O)O)cc1. The van der Waals surface area contributed by atoms with Gasteiger partial charge in [0.05, 0.1) is 7.11 Å². The van der Waals surface area contributed by atoms with Crippen molar-refractivity contribution < 1.29 is 23.8 Å². The summed E-state index contributed by atoms with van der Waals surface area (Å²) in [6.45, 7) is 0. The minimum atomic E-state index is -1.13. The summed E-state index contributed by atoms with van der Waals surface area (Å²) >= 11 is 0. The predicted octanol–water partition coefficient (Wildman–Crippen LogP) is 2.66. The molecule has 2 rings (SSSR count). The van der Waals surface area contributed by atoms with Crippen molar-refractivity contribution in [2.75, 3.05) is 7.11 Å². The Morgan fingerprint density at radius 1 is 1.16 bits per heavy atom. The highest BCUT2D eigenvalue weighted by atomic mass is 19.1. The molecule has 0 heterocycles. The third-order valence-corrected chi connectivity index (χ3v) is 3.51. The van der Waals surface area contributed by atoms with Crippen molar-refractivity contribution in [2.45, 2.75) is 12.5 Å². The first-order valence-corrected chi connectivity index (χ1v) is 7.58. The number of carbonyl (C=O) groups excluding carboxylic acids is 1. The van der Waals surface area contributed by atoms with Gasteiger partial charge < -0.3 is 15.2 Å². The smallest absolute Gasteiger partial charge is 0.326 e. The van der Waals surface area contributed by atoms with Gasteiger partial charge >= 0.3 is 5.97 Å². The Morgan fingerprint density at radius 3 is 2.36 bits per heavy atom. The zero-order chi connectivity index (χ0) is 18.2.